The second-order valence-electron chi connectivity index (χ2n) is 6.58. The van der Waals surface area contributed by atoms with Gasteiger partial charge >= 0.3 is 6.18 Å². The van der Waals surface area contributed by atoms with Crippen LogP contribution in [0.4, 0.5) is 18.9 Å². The number of carbonyl (C=O) groups is 1. The number of halogens is 3. The number of aryl methyl sites for hydroxylation is 1. The number of amides is 1. The van der Waals surface area contributed by atoms with Gasteiger partial charge in [0.05, 0.1) is 24.1 Å². The van der Waals surface area contributed by atoms with Crippen molar-refractivity contribution in [3.05, 3.63) is 52.3 Å². The smallest absolute Gasteiger partial charge is 0.419 e. The van der Waals surface area contributed by atoms with Gasteiger partial charge in [0.15, 0.2) is 0 Å². The van der Waals surface area contributed by atoms with Crippen LogP contribution >= 0.6 is 0 Å². The molecular weight excluding hydrogens is 359 g/mol. The summed E-state index contributed by atoms with van der Waals surface area (Å²) in [7, 11) is 3.15. The molecule has 0 unspecified atom stereocenters. The molecule has 1 aromatic heterocycles. The molecule has 8 heteroatoms. The summed E-state index contributed by atoms with van der Waals surface area (Å²) in [6.07, 6.45) is -3.79. The van der Waals surface area contributed by atoms with Gasteiger partial charge in [-0.1, -0.05) is 0 Å². The highest BCUT2D eigenvalue weighted by Gasteiger charge is 2.35. The first-order chi connectivity index (χ1) is 12.7. The number of aromatic nitrogens is 1. The van der Waals surface area contributed by atoms with Gasteiger partial charge in [0.2, 0.25) is 0 Å². The predicted molar refractivity (Wildman–Crippen MR) is 95.0 cm³/mol. The van der Waals surface area contributed by atoms with E-state index in [-0.39, 0.29) is 11.3 Å². The number of anilines is 1. The molecule has 1 aliphatic heterocycles. The average molecular weight is 379 g/mol. The average Bonchev–Trinajstić information content (AvgIpc) is 2.61. The second kappa shape index (κ2) is 7.19. The van der Waals surface area contributed by atoms with Crippen LogP contribution in [0, 0.1) is 6.92 Å². The molecule has 0 atom stereocenters. The number of benzene rings is 1. The summed E-state index contributed by atoms with van der Waals surface area (Å²) in [5, 5.41) is 2.68. The van der Waals surface area contributed by atoms with Crippen LogP contribution in [0.2, 0.25) is 0 Å². The summed E-state index contributed by atoms with van der Waals surface area (Å²) in [5.74, 6) is -0.953. The van der Waals surface area contributed by atoms with Gasteiger partial charge in [-0.3, -0.25) is 9.78 Å². The number of hydrogen-bond acceptors (Lipinski definition) is 4. The van der Waals surface area contributed by atoms with Crippen LogP contribution in [-0.2, 0) is 19.1 Å². The number of hydrogen-bond donors (Lipinski definition) is 1. The minimum Gasteiger partial charge on any atom is -0.496 e. The number of fused-ring (bicyclic) bond motifs is 1. The molecule has 1 aliphatic rings. The van der Waals surface area contributed by atoms with Crippen LogP contribution in [0.3, 0.4) is 0 Å². The van der Waals surface area contributed by atoms with E-state index in [4.69, 9.17) is 4.74 Å². The maximum atomic E-state index is 13.2. The fourth-order valence-electron chi connectivity index (χ4n) is 3.11. The molecule has 0 radical (unpaired) electrons. The predicted octanol–water partition coefficient (Wildman–Crippen LogP) is 3.66. The van der Waals surface area contributed by atoms with Gasteiger partial charge in [0.1, 0.15) is 5.75 Å². The van der Waals surface area contributed by atoms with Crippen molar-refractivity contribution in [3.63, 3.8) is 0 Å². The van der Waals surface area contributed by atoms with Crippen molar-refractivity contribution in [2.24, 2.45) is 0 Å². The molecule has 1 aromatic carbocycles. The van der Waals surface area contributed by atoms with E-state index in [0.717, 1.165) is 43.5 Å². The number of carbonyl (C=O) groups excluding carboxylic acids is 1. The van der Waals surface area contributed by atoms with E-state index in [1.165, 1.54) is 6.07 Å². The van der Waals surface area contributed by atoms with Gasteiger partial charge in [-0.15, -0.1) is 0 Å². The Kier molecular flexibility index (Phi) is 5.10. The molecule has 27 heavy (non-hydrogen) atoms. The van der Waals surface area contributed by atoms with Crippen molar-refractivity contribution in [1.82, 2.24) is 9.88 Å². The summed E-state index contributed by atoms with van der Waals surface area (Å²) in [4.78, 5) is 19.2. The molecule has 2 aromatic rings. The van der Waals surface area contributed by atoms with E-state index in [1.807, 2.05) is 13.1 Å². The van der Waals surface area contributed by atoms with Crippen molar-refractivity contribution in [2.45, 2.75) is 26.1 Å². The van der Waals surface area contributed by atoms with E-state index in [0.29, 0.717) is 17.9 Å². The molecule has 0 spiro atoms. The zero-order valence-electron chi connectivity index (χ0n) is 15.3. The third-order valence-electron chi connectivity index (χ3n) is 4.57. The lowest BCUT2D eigenvalue weighted by Crippen LogP contribution is -2.28. The second-order valence-corrected chi connectivity index (χ2v) is 6.58. The van der Waals surface area contributed by atoms with Crippen LogP contribution in [-0.4, -0.2) is 36.5 Å². The number of nitrogens with one attached hydrogen (secondary N) is 1. The highest BCUT2D eigenvalue weighted by Crippen LogP contribution is 2.36. The highest BCUT2D eigenvalue weighted by atomic mass is 19.4. The standard InChI is InChI=1S/C19H20F3N3O2/c1-11-16(9-13-10-25(2)7-6-15(13)23-11)24-18(26)12-4-5-17(27-3)14(8-12)19(20,21)22/h4-5,8-9H,6-7,10H2,1-3H3,(H,24,26). The lowest BCUT2D eigenvalue weighted by molar-refractivity contribution is -0.138. The minimum atomic E-state index is -4.62. The molecule has 2 heterocycles. The third-order valence-corrected chi connectivity index (χ3v) is 4.57. The van der Waals surface area contributed by atoms with Crippen LogP contribution in [0.5, 0.6) is 5.75 Å². The monoisotopic (exact) mass is 379 g/mol. The number of rotatable bonds is 3. The topological polar surface area (TPSA) is 54.5 Å². The van der Waals surface area contributed by atoms with Gasteiger partial charge in [-0.05, 0) is 43.8 Å². The molecule has 0 saturated heterocycles. The van der Waals surface area contributed by atoms with Crippen molar-refractivity contribution >= 4 is 11.6 Å². The number of nitrogens with zero attached hydrogens (tertiary/aromatic N) is 2. The number of pyridine rings is 1. The first kappa shape index (κ1) is 19.2. The lowest BCUT2D eigenvalue weighted by Gasteiger charge is -2.25. The largest absolute Gasteiger partial charge is 0.496 e. The first-order valence-corrected chi connectivity index (χ1v) is 8.43. The van der Waals surface area contributed by atoms with E-state index >= 15 is 0 Å². The van der Waals surface area contributed by atoms with Crippen LogP contribution in [0.25, 0.3) is 0 Å². The number of methoxy groups -OCH3 is 1. The maximum Gasteiger partial charge on any atom is 0.419 e. The van der Waals surface area contributed by atoms with E-state index < -0.39 is 17.6 Å². The molecule has 0 fully saturated rings. The van der Waals surface area contributed by atoms with E-state index in [2.05, 4.69) is 15.2 Å². The van der Waals surface area contributed by atoms with E-state index in [9.17, 15) is 18.0 Å². The Morgan fingerprint density at radius 3 is 2.70 bits per heavy atom. The van der Waals surface area contributed by atoms with Crippen molar-refractivity contribution in [3.8, 4) is 5.75 Å². The maximum absolute atomic E-state index is 13.2. The van der Waals surface area contributed by atoms with Crippen molar-refractivity contribution in [1.29, 1.82) is 0 Å². The minimum absolute atomic E-state index is 0.0997. The molecule has 0 bridgehead atoms. The Morgan fingerprint density at radius 2 is 2.04 bits per heavy atom. The van der Waals surface area contributed by atoms with Crippen molar-refractivity contribution < 1.29 is 22.7 Å². The zero-order chi connectivity index (χ0) is 19.8. The fraction of sp³-hybridized carbons (Fsp3) is 0.368. The van der Waals surface area contributed by atoms with Gasteiger partial charge in [-0.25, -0.2) is 0 Å². The van der Waals surface area contributed by atoms with Gasteiger partial charge in [0, 0.05) is 30.8 Å². The van der Waals surface area contributed by atoms with Crippen molar-refractivity contribution in [2.75, 3.05) is 26.0 Å². The molecule has 0 saturated carbocycles. The fourth-order valence-corrected chi connectivity index (χ4v) is 3.11. The molecule has 144 valence electrons. The van der Waals surface area contributed by atoms with E-state index in [1.54, 1.807) is 6.92 Å². The lowest BCUT2D eigenvalue weighted by atomic mass is 10.0. The Labute approximate surface area is 155 Å². The van der Waals surface area contributed by atoms with Gasteiger partial charge < -0.3 is 15.0 Å². The Balaban J connectivity index is 1.89. The number of likely N-dealkylation sites (N-methyl/N-ethyl adjacent to an activating group) is 1. The first-order valence-electron chi connectivity index (χ1n) is 8.43. The molecule has 5 nitrogen and oxygen atoms in total. The van der Waals surface area contributed by atoms with Gasteiger partial charge in [-0.2, -0.15) is 13.2 Å². The van der Waals surface area contributed by atoms with Gasteiger partial charge in [0.25, 0.3) is 5.91 Å². The molecular formula is C19H20F3N3O2. The summed E-state index contributed by atoms with van der Waals surface area (Å²) in [6.45, 7) is 3.40. The zero-order valence-corrected chi connectivity index (χ0v) is 15.3. The molecule has 1 amide bonds. The number of ether oxygens (including phenoxy) is 1. The Morgan fingerprint density at radius 1 is 1.30 bits per heavy atom. The SMILES string of the molecule is COc1ccc(C(=O)Nc2cc3c(nc2C)CCN(C)C3)cc1C(F)(F)F. The summed E-state index contributed by atoms with van der Waals surface area (Å²) in [5.41, 5.74) is 2.05. The van der Waals surface area contributed by atoms with Crippen LogP contribution in [0.15, 0.2) is 24.3 Å². The number of alkyl halides is 3. The summed E-state index contributed by atoms with van der Waals surface area (Å²) < 4.78 is 44.3. The Bertz CT molecular complexity index is 881. The van der Waals surface area contributed by atoms with Crippen LogP contribution < -0.4 is 10.1 Å². The third kappa shape index (κ3) is 4.05. The molecule has 3 rings (SSSR count). The summed E-state index contributed by atoms with van der Waals surface area (Å²) in [6, 6.07) is 5.09. The molecule has 0 aliphatic carbocycles. The quantitative estimate of drug-likeness (QED) is 0.884. The molecule has 1 N–H and O–H groups in total. The normalized spacial score (nSPS) is 14.6. The Hall–Kier alpha value is -2.61. The summed E-state index contributed by atoms with van der Waals surface area (Å²) >= 11 is 0. The van der Waals surface area contributed by atoms with Crippen LogP contribution in [0.1, 0.15) is 32.9 Å². The highest BCUT2D eigenvalue weighted by molar-refractivity contribution is 6.04.